The fourth-order valence-electron chi connectivity index (χ4n) is 1.37. The van der Waals surface area contributed by atoms with Gasteiger partial charge in [-0.1, -0.05) is 0 Å². The predicted molar refractivity (Wildman–Crippen MR) is 52.8 cm³/mol. The van der Waals surface area contributed by atoms with Crippen LogP contribution in [0, 0.1) is 10.1 Å². The van der Waals surface area contributed by atoms with E-state index < -0.39 is 4.92 Å². The molecule has 0 N–H and O–H groups in total. The second-order valence-electron chi connectivity index (χ2n) is 3.22. The normalized spacial score (nSPS) is 10.5. The van der Waals surface area contributed by atoms with Crippen LogP contribution in [-0.4, -0.2) is 29.3 Å². The van der Waals surface area contributed by atoms with Crippen molar-refractivity contribution in [2.45, 2.75) is 0 Å². The van der Waals surface area contributed by atoms with Crippen LogP contribution in [0.15, 0.2) is 16.8 Å². The Balaban J connectivity index is 2.81. The third-order valence-electron chi connectivity index (χ3n) is 2.04. The minimum absolute atomic E-state index is 0.0845. The molecule has 1 aromatic carbocycles. The molecular formula is C8H8N4O3. The van der Waals surface area contributed by atoms with Crippen LogP contribution >= 0.6 is 0 Å². The van der Waals surface area contributed by atoms with Crippen molar-refractivity contribution in [3.05, 3.63) is 22.2 Å². The van der Waals surface area contributed by atoms with Gasteiger partial charge >= 0.3 is 5.69 Å². The maximum absolute atomic E-state index is 10.9. The number of hydrogen-bond acceptors (Lipinski definition) is 6. The van der Waals surface area contributed by atoms with Gasteiger partial charge in [0.15, 0.2) is 0 Å². The van der Waals surface area contributed by atoms with Crippen molar-refractivity contribution in [1.29, 1.82) is 0 Å². The molecule has 0 amide bonds. The van der Waals surface area contributed by atoms with E-state index in [2.05, 4.69) is 14.9 Å². The minimum Gasteiger partial charge on any atom is -0.372 e. The van der Waals surface area contributed by atoms with Crippen molar-refractivity contribution in [2.24, 2.45) is 0 Å². The van der Waals surface area contributed by atoms with Gasteiger partial charge in [-0.05, 0) is 22.4 Å². The fourth-order valence-corrected chi connectivity index (χ4v) is 1.37. The molecule has 0 aliphatic rings. The lowest BCUT2D eigenvalue weighted by Crippen LogP contribution is -2.11. The molecule has 1 heterocycles. The molecule has 7 nitrogen and oxygen atoms in total. The largest absolute Gasteiger partial charge is 0.372 e. The number of fused-ring (bicyclic) bond motifs is 1. The van der Waals surface area contributed by atoms with Crippen LogP contribution in [0.1, 0.15) is 0 Å². The van der Waals surface area contributed by atoms with Crippen LogP contribution in [0.5, 0.6) is 0 Å². The number of nitrogens with zero attached hydrogens (tertiary/aromatic N) is 4. The summed E-state index contributed by atoms with van der Waals surface area (Å²) in [6.07, 6.45) is 0. The van der Waals surface area contributed by atoms with Crippen molar-refractivity contribution in [1.82, 2.24) is 10.3 Å². The molecule has 1 aromatic heterocycles. The van der Waals surface area contributed by atoms with Crippen LogP contribution in [0.2, 0.25) is 0 Å². The van der Waals surface area contributed by atoms with E-state index in [0.29, 0.717) is 11.2 Å². The van der Waals surface area contributed by atoms with Crippen LogP contribution < -0.4 is 4.90 Å². The average molecular weight is 208 g/mol. The number of hydrogen-bond donors (Lipinski definition) is 0. The summed E-state index contributed by atoms with van der Waals surface area (Å²) in [5.41, 5.74) is 0.945. The Morgan fingerprint density at radius 3 is 2.73 bits per heavy atom. The van der Waals surface area contributed by atoms with Gasteiger partial charge in [-0.2, -0.15) is 0 Å². The Morgan fingerprint density at radius 1 is 1.40 bits per heavy atom. The number of benzene rings is 1. The Morgan fingerprint density at radius 2 is 2.13 bits per heavy atom. The summed E-state index contributed by atoms with van der Waals surface area (Å²) in [5.74, 6) is 0. The smallest absolute Gasteiger partial charge is 0.323 e. The molecule has 0 saturated carbocycles. The topological polar surface area (TPSA) is 85.3 Å². The van der Waals surface area contributed by atoms with Gasteiger partial charge in [0.1, 0.15) is 11.2 Å². The summed E-state index contributed by atoms with van der Waals surface area (Å²) >= 11 is 0. The zero-order chi connectivity index (χ0) is 11.0. The minimum atomic E-state index is -0.484. The number of nitro benzene ring substituents is 1. The summed E-state index contributed by atoms with van der Waals surface area (Å²) in [5, 5.41) is 18.0. The summed E-state index contributed by atoms with van der Waals surface area (Å²) in [6.45, 7) is 0. The second-order valence-corrected chi connectivity index (χ2v) is 3.22. The number of rotatable bonds is 2. The lowest BCUT2D eigenvalue weighted by atomic mass is 10.2. The molecule has 2 rings (SSSR count). The van der Waals surface area contributed by atoms with Crippen LogP contribution in [0.4, 0.5) is 11.4 Å². The average Bonchev–Trinajstić information content (AvgIpc) is 2.62. The molecule has 0 bridgehead atoms. The first-order valence-corrected chi connectivity index (χ1v) is 4.18. The molecule has 0 aliphatic carbocycles. The first-order chi connectivity index (χ1) is 7.11. The molecule has 15 heavy (non-hydrogen) atoms. The third-order valence-corrected chi connectivity index (χ3v) is 2.04. The maximum atomic E-state index is 10.9. The summed E-state index contributed by atoms with van der Waals surface area (Å²) in [4.78, 5) is 12.1. The molecule has 2 aromatic rings. The molecule has 0 spiro atoms. The van der Waals surface area contributed by atoms with Gasteiger partial charge in [-0.25, -0.2) is 4.63 Å². The van der Waals surface area contributed by atoms with Crippen LogP contribution in [-0.2, 0) is 0 Å². The monoisotopic (exact) mass is 208 g/mol. The van der Waals surface area contributed by atoms with Gasteiger partial charge in [0.2, 0.25) is 5.52 Å². The van der Waals surface area contributed by atoms with Crippen molar-refractivity contribution < 1.29 is 9.55 Å². The van der Waals surface area contributed by atoms with E-state index in [1.165, 1.54) is 0 Å². The van der Waals surface area contributed by atoms with Gasteiger partial charge < -0.3 is 4.90 Å². The summed E-state index contributed by atoms with van der Waals surface area (Å²) in [6, 6.07) is 3.25. The van der Waals surface area contributed by atoms with Gasteiger partial charge in [-0.15, -0.1) is 0 Å². The van der Waals surface area contributed by atoms with Crippen LogP contribution in [0.3, 0.4) is 0 Å². The lowest BCUT2D eigenvalue weighted by Gasteiger charge is -2.11. The lowest BCUT2D eigenvalue weighted by molar-refractivity contribution is -0.382. The zero-order valence-electron chi connectivity index (χ0n) is 8.17. The first-order valence-electron chi connectivity index (χ1n) is 4.18. The Bertz CT molecular complexity index is 520. The highest BCUT2D eigenvalue weighted by molar-refractivity contribution is 5.90. The number of aromatic nitrogens is 2. The maximum Gasteiger partial charge on any atom is 0.323 e. The van der Waals surface area contributed by atoms with Crippen molar-refractivity contribution >= 4 is 22.4 Å². The summed E-state index contributed by atoms with van der Waals surface area (Å²) in [7, 11) is 3.45. The molecule has 0 saturated heterocycles. The number of nitro groups is 1. The van der Waals surface area contributed by atoms with E-state index in [0.717, 1.165) is 0 Å². The second kappa shape index (κ2) is 3.19. The van der Waals surface area contributed by atoms with E-state index in [1.807, 2.05) is 0 Å². The molecular weight excluding hydrogens is 200 g/mol. The highest BCUT2D eigenvalue weighted by Gasteiger charge is 2.23. The molecule has 78 valence electrons. The van der Waals surface area contributed by atoms with Crippen LogP contribution in [0.25, 0.3) is 11.0 Å². The Labute approximate surface area is 84.4 Å². The molecule has 0 fully saturated rings. The van der Waals surface area contributed by atoms with E-state index in [4.69, 9.17) is 0 Å². The Kier molecular flexibility index (Phi) is 2.00. The van der Waals surface area contributed by atoms with E-state index in [9.17, 15) is 10.1 Å². The van der Waals surface area contributed by atoms with Gasteiger partial charge in [0.25, 0.3) is 0 Å². The fraction of sp³-hybridized carbons (Fsp3) is 0.250. The predicted octanol–water partition coefficient (Wildman–Crippen LogP) is 1.20. The quantitative estimate of drug-likeness (QED) is 0.544. The molecule has 0 radical (unpaired) electrons. The van der Waals surface area contributed by atoms with Gasteiger partial charge in [-0.3, -0.25) is 10.1 Å². The van der Waals surface area contributed by atoms with Crippen molar-refractivity contribution in [2.75, 3.05) is 19.0 Å². The summed E-state index contributed by atoms with van der Waals surface area (Å²) < 4.78 is 4.47. The highest BCUT2D eigenvalue weighted by atomic mass is 16.6. The van der Waals surface area contributed by atoms with Gasteiger partial charge in [0.05, 0.1) is 4.92 Å². The van der Waals surface area contributed by atoms with E-state index >= 15 is 0 Å². The zero-order valence-corrected chi connectivity index (χ0v) is 8.17. The van der Waals surface area contributed by atoms with Crippen molar-refractivity contribution in [3.8, 4) is 0 Å². The van der Waals surface area contributed by atoms with Gasteiger partial charge in [0, 0.05) is 14.1 Å². The first kappa shape index (κ1) is 9.38. The highest BCUT2D eigenvalue weighted by Crippen LogP contribution is 2.32. The Hall–Kier alpha value is -2.18. The molecule has 0 atom stereocenters. The standard InChI is InChI=1S/C8H8N4O3/c1-11(2)6-4-3-5-7(10-15-9-5)8(6)12(13)14/h3-4H,1-2H3. The van der Waals surface area contributed by atoms with Crippen molar-refractivity contribution in [3.63, 3.8) is 0 Å². The molecule has 0 aliphatic heterocycles. The van der Waals surface area contributed by atoms with E-state index in [-0.39, 0.29) is 11.2 Å². The molecule has 0 unspecified atom stereocenters. The number of anilines is 1. The third kappa shape index (κ3) is 1.37. The molecule has 7 heteroatoms. The SMILES string of the molecule is CN(C)c1ccc2nonc2c1[N+](=O)[O-]. The van der Waals surface area contributed by atoms with E-state index in [1.54, 1.807) is 31.1 Å².